The van der Waals surface area contributed by atoms with Gasteiger partial charge in [0, 0.05) is 31.7 Å². The number of guanidine groups is 1. The Morgan fingerprint density at radius 1 is 0.571 bits per heavy atom. The lowest BCUT2D eigenvalue weighted by Crippen LogP contribution is -2.52. The molecule has 2 aliphatic heterocycles. The molecule has 4 aliphatic rings. The molecule has 3 heterocycles. The van der Waals surface area contributed by atoms with Crippen molar-refractivity contribution in [3.63, 3.8) is 0 Å². The summed E-state index contributed by atoms with van der Waals surface area (Å²) in [6.45, 7) is 18.0. The first-order chi connectivity index (χ1) is 23.5. The van der Waals surface area contributed by atoms with Gasteiger partial charge in [0.1, 0.15) is 5.82 Å². The minimum Gasteiger partial charge on any atom is -0.342 e. The van der Waals surface area contributed by atoms with Gasteiger partial charge in [-0.3, -0.25) is 9.89 Å². The van der Waals surface area contributed by atoms with Gasteiger partial charge in [-0.1, -0.05) is 120 Å². The first kappa shape index (κ1) is 30.4. The maximum atomic E-state index is 5.30. The molecule has 0 saturated carbocycles. The highest BCUT2D eigenvalue weighted by Gasteiger charge is 2.52. The van der Waals surface area contributed by atoms with Crippen molar-refractivity contribution in [1.29, 1.82) is 0 Å². The third kappa shape index (κ3) is 4.49. The summed E-state index contributed by atoms with van der Waals surface area (Å²) in [5.41, 5.74) is 15.5. The molecule has 1 saturated heterocycles. The summed E-state index contributed by atoms with van der Waals surface area (Å²) >= 11 is 0. The van der Waals surface area contributed by atoms with Gasteiger partial charge in [-0.25, -0.2) is 4.98 Å². The number of hydrogen-bond donors (Lipinski definition) is 0. The molecule has 0 amide bonds. The molecule has 0 radical (unpaired) electrons. The Morgan fingerprint density at radius 2 is 1.22 bits per heavy atom. The third-order valence-electron chi connectivity index (χ3n) is 11.4. The van der Waals surface area contributed by atoms with Crippen molar-refractivity contribution < 1.29 is 0 Å². The Bertz CT molecular complexity index is 2110. The van der Waals surface area contributed by atoms with Gasteiger partial charge in [0.25, 0.3) is 0 Å². The number of benzene rings is 4. The lowest BCUT2D eigenvalue weighted by Gasteiger charge is -2.40. The fourth-order valence-corrected chi connectivity index (χ4v) is 8.86. The van der Waals surface area contributed by atoms with Gasteiger partial charge in [0.05, 0.1) is 11.1 Å². The number of aliphatic imine (C=N–C) groups is 1. The quantitative estimate of drug-likeness (QED) is 0.188. The summed E-state index contributed by atoms with van der Waals surface area (Å²) in [6.07, 6.45) is 2.26. The highest BCUT2D eigenvalue weighted by molar-refractivity contribution is 5.98. The molecule has 5 aromatic rings. The Kier molecular flexibility index (Phi) is 6.60. The van der Waals surface area contributed by atoms with E-state index in [1.165, 1.54) is 55.6 Å². The minimum absolute atomic E-state index is 0.0393. The molecule has 2 aliphatic carbocycles. The van der Waals surface area contributed by atoms with Gasteiger partial charge in [-0.05, 0) is 97.5 Å². The summed E-state index contributed by atoms with van der Waals surface area (Å²) in [6, 6.07) is 37.3. The number of fused-ring (bicyclic) bond motifs is 11. The summed E-state index contributed by atoms with van der Waals surface area (Å²) in [5.74, 6) is 2.08. The molecule has 49 heavy (non-hydrogen) atoms. The maximum Gasteiger partial charge on any atom is 0.202 e. The molecular formula is C45H46N4. The minimum atomic E-state index is -0.386. The van der Waals surface area contributed by atoms with Crippen LogP contribution in [0.4, 0.5) is 5.82 Å². The summed E-state index contributed by atoms with van der Waals surface area (Å²) < 4.78 is 0. The van der Waals surface area contributed by atoms with Gasteiger partial charge < -0.3 is 4.90 Å². The molecule has 0 unspecified atom stereocenters. The van der Waals surface area contributed by atoms with Crippen molar-refractivity contribution in [1.82, 2.24) is 9.88 Å². The predicted octanol–water partition coefficient (Wildman–Crippen LogP) is 9.96. The van der Waals surface area contributed by atoms with E-state index in [-0.39, 0.29) is 16.2 Å². The number of nitrogens with zero attached hydrogens (tertiary/aromatic N) is 4. The second-order valence-corrected chi connectivity index (χ2v) is 16.5. The van der Waals surface area contributed by atoms with Crippen LogP contribution < -0.4 is 4.90 Å². The van der Waals surface area contributed by atoms with Crippen molar-refractivity contribution >= 4 is 11.8 Å². The number of anilines is 1. The lowest BCUT2D eigenvalue weighted by atomic mass is 9.69. The van der Waals surface area contributed by atoms with E-state index in [4.69, 9.17) is 9.98 Å². The zero-order valence-corrected chi connectivity index (χ0v) is 29.8. The van der Waals surface area contributed by atoms with Crippen LogP contribution in [0.15, 0.2) is 102 Å². The maximum absolute atomic E-state index is 5.30. The van der Waals surface area contributed by atoms with Crippen molar-refractivity contribution in [2.45, 2.75) is 70.6 Å². The van der Waals surface area contributed by atoms with Crippen LogP contribution >= 0.6 is 0 Å². The van der Waals surface area contributed by atoms with Crippen molar-refractivity contribution in [3.05, 3.63) is 130 Å². The fraction of sp³-hybridized carbons (Fsp3) is 0.333. The molecule has 1 spiro atoms. The van der Waals surface area contributed by atoms with Crippen LogP contribution in [0.3, 0.4) is 0 Å². The largest absolute Gasteiger partial charge is 0.342 e. The van der Waals surface area contributed by atoms with Gasteiger partial charge in [0.15, 0.2) is 0 Å². The van der Waals surface area contributed by atoms with E-state index in [1.54, 1.807) is 0 Å². The Balaban J connectivity index is 1.25. The van der Waals surface area contributed by atoms with Gasteiger partial charge in [0.2, 0.25) is 5.96 Å². The van der Waals surface area contributed by atoms with E-state index < -0.39 is 0 Å². The molecular weight excluding hydrogens is 597 g/mol. The second kappa shape index (κ2) is 10.6. The van der Waals surface area contributed by atoms with E-state index in [9.17, 15) is 0 Å². The molecule has 0 bridgehead atoms. The van der Waals surface area contributed by atoms with Gasteiger partial charge in [-0.15, -0.1) is 0 Å². The molecule has 4 aromatic carbocycles. The number of rotatable bonds is 2. The predicted molar refractivity (Wildman–Crippen MR) is 204 cm³/mol. The van der Waals surface area contributed by atoms with Crippen LogP contribution in [0, 0.1) is 0 Å². The molecule has 1 aromatic heterocycles. The summed E-state index contributed by atoms with van der Waals surface area (Å²) in [4.78, 5) is 15.0. The highest BCUT2D eigenvalue weighted by Crippen LogP contribution is 2.63. The Labute approximate surface area is 291 Å². The molecule has 246 valence electrons. The molecule has 9 rings (SSSR count). The van der Waals surface area contributed by atoms with Crippen molar-refractivity contribution in [2.75, 3.05) is 31.1 Å². The van der Waals surface area contributed by atoms with Crippen LogP contribution in [0.2, 0.25) is 0 Å². The zero-order chi connectivity index (χ0) is 33.7. The second-order valence-electron chi connectivity index (χ2n) is 16.5. The average Bonchev–Trinajstić information content (AvgIpc) is 3.57. The molecule has 4 heteroatoms. The zero-order valence-electron chi connectivity index (χ0n) is 29.8. The normalized spacial score (nSPS) is 17.3. The summed E-state index contributed by atoms with van der Waals surface area (Å²) in [5, 5.41) is 0. The van der Waals surface area contributed by atoms with E-state index >= 15 is 0 Å². The molecule has 0 N–H and O–H groups in total. The lowest BCUT2D eigenvalue weighted by molar-refractivity contribution is 0.359. The fourth-order valence-electron chi connectivity index (χ4n) is 8.86. The third-order valence-corrected chi connectivity index (χ3v) is 11.4. The monoisotopic (exact) mass is 642 g/mol. The van der Waals surface area contributed by atoms with Crippen LogP contribution in [-0.2, 0) is 16.2 Å². The number of aromatic nitrogens is 1. The molecule has 0 atom stereocenters. The van der Waals surface area contributed by atoms with Crippen LogP contribution in [0.1, 0.15) is 87.8 Å². The standard InChI is InChI=1S/C45H46N4/c1-43(2,3)30-17-19-33-34-20-18-31(44(4,5)6)28-39(34)45(38(33)27-30)36-13-8-7-12-32(36)35-26-29(16-21-37(35)45)40-14-9-15-41(47-40)49-25-11-24-48-23-10-22-46-42(48)49/h7-9,12-21,26-28H,10-11,22-25H2,1-6H3. The summed E-state index contributed by atoms with van der Waals surface area (Å²) in [7, 11) is 0. The van der Waals surface area contributed by atoms with Crippen LogP contribution in [0.5, 0.6) is 0 Å². The Hall–Kier alpha value is -4.70. The van der Waals surface area contributed by atoms with Crippen LogP contribution in [-0.4, -0.2) is 42.0 Å². The van der Waals surface area contributed by atoms with Crippen LogP contribution in [0.25, 0.3) is 33.5 Å². The van der Waals surface area contributed by atoms with E-state index in [0.717, 1.165) is 62.1 Å². The Morgan fingerprint density at radius 3 is 1.94 bits per heavy atom. The van der Waals surface area contributed by atoms with Gasteiger partial charge in [-0.2, -0.15) is 0 Å². The van der Waals surface area contributed by atoms with E-state index in [2.05, 4.69) is 148 Å². The van der Waals surface area contributed by atoms with Crippen molar-refractivity contribution in [2.24, 2.45) is 4.99 Å². The average molecular weight is 643 g/mol. The molecule has 1 fully saturated rings. The topological polar surface area (TPSA) is 31.7 Å². The SMILES string of the molecule is CC(C)(C)c1ccc2c(c1)C1(c3ccccc3-c3cc(-c4cccc(N5CCCN6CCCN=C65)n4)ccc31)c1cc(C(C)(C)C)ccc1-2. The first-order valence-corrected chi connectivity index (χ1v) is 18.1. The van der Waals surface area contributed by atoms with E-state index in [1.807, 2.05) is 0 Å². The van der Waals surface area contributed by atoms with E-state index in [0.29, 0.717) is 0 Å². The van der Waals surface area contributed by atoms with Gasteiger partial charge >= 0.3 is 0 Å². The smallest absolute Gasteiger partial charge is 0.202 e. The first-order valence-electron chi connectivity index (χ1n) is 18.1. The van der Waals surface area contributed by atoms with Crippen molar-refractivity contribution in [3.8, 4) is 33.5 Å². The number of hydrogen-bond acceptors (Lipinski definition) is 4. The highest BCUT2D eigenvalue weighted by atomic mass is 15.4. The molecule has 4 nitrogen and oxygen atoms in total. The number of pyridine rings is 1.